The van der Waals surface area contributed by atoms with E-state index in [4.69, 9.17) is 5.11 Å². The van der Waals surface area contributed by atoms with E-state index in [1.807, 2.05) is 11.8 Å². The Balaban J connectivity index is 2.03. The zero-order valence-corrected chi connectivity index (χ0v) is 11.5. The number of sulfone groups is 1. The largest absolute Gasteiger partial charge is 0.476 e. The first-order chi connectivity index (χ1) is 8.37. The lowest BCUT2D eigenvalue weighted by molar-refractivity contribution is 0.0696. The molecule has 1 unspecified atom stereocenters. The Morgan fingerprint density at radius 1 is 1.67 bits per heavy atom. The topological polar surface area (TPSA) is 87.6 Å². The van der Waals surface area contributed by atoms with Gasteiger partial charge in [-0.1, -0.05) is 0 Å². The van der Waals surface area contributed by atoms with Gasteiger partial charge in [0.15, 0.2) is 9.84 Å². The van der Waals surface area contributed by atoms with Crippen molar-refractivity contribution < 1.29 is 18.3 Å². The van der Waals surface area contributed by atoms with Gasteiger partial charge in [-0.2, -0.15) is 0 Å². The quantitative estimate of drug-likeness (QED) is 0.870. The highest BCUT2D eigenvalue weighted by molar-refractivity contribution is 7.91. The van der Waals surface area contributed by atoms with Crippen LogP contribution in [0.2, 0.25) is 0 Å². The van der Waals surface area contributed by atoms with Crippen LogP contribution in [-0.4, -0.2) is 53.5 Å². The first kappa shape index (κ1) is 13.4. The Kier molecular flexibility index (Phi) is 3.69. The number of aromatic carboxylic acids is 1. The number of carboxylic acids is 1. The molecular formula is C10H14N2O4S2. The molecule has 1 aromatic rings. The second-order valence-electron chi connectivity index (χ2n) is 4.38. The highest BCUT2D eigenvalue weighted by Crippen LogP contribution is 2.17. The van der Waals surface area contributed by atoms with Crippen molar-refractivity contribution in [1.82, 2.24) is 9.88 Å². The predicted molar refractivity (Wildman–Crippen MR) is 67.6 cm³/mol. The van der Waals surface area contributed by atoms with Gasteiger partial charge in [-0.25, -0.2) is 18.2 Å². The minimum Gasteiger partial charge on any atom is -0.476 e. The first-order valence-electron chi connectivity index (χ1n) is 5.49. The van der Waals surface area contributed by atoms with E-state index in [0.29, 0.717) is 18.8 Å². The van der Waals surface area contributed by atoms with Crippen LogP contribution in [-0.2, 0) is 16.4 Å². The van der Waals surface area contributed by atoms with E-state index in [1.165, 1.54) is 0 Å². The Morgan fingerprint density at radius 2 is 2.39 bits per heavy atom. The van der Waals surface area contributed by atoms with Crippen LogP contribution in [0.3, 0.4) is 0 Å². The lowest BCUT2D eigenvalue weighted by Gasteiger charge is -2.32. The molecule has 0 radical (unpaired) electrons. The van der Waals surface area contributed by atoms with E-state index >= 15 is 0 Å². The molecule has 1 aromatic heterocycles. The summed E-state index contributed by atoms with van der Waals surface area (Å²) in [5, 5.41) is 10.6. The van der Waals surface area contributed by atoms with Gasteiger partial charge in [0, 0.05) is 24.5 Å². The Bertz CT molecular complexity index is 552. The van der Waals surface area contributed by atoms with Crippen LogP contribution in [0, 0.1) is 0 Å². The van der Waals surface area contributed by atoms with Crippen molar-refractivity contribution in [2.24, 2.45) is 0 Å². The summed E-state index contributed by atoms with van der Waals surface area (Å²) in [7, 11) is -2.92. The summed E-state index contributed by atoms with van der Waals surface area (Å²) in [5.74, 6) is -0.712. The summed E-state index contributed by atoms with van der Waals surface area (Å²) >= 11 is 1.09. The van der Waals surface area contributed by atoms with Gasteiger partial charge in [-0.05, 0) is 6.92 Å². The monoisotopic (exact) mass is 290 g/mol. The molecule has 0 amide bonds. The number of aromatic nitrogens is 1. The van der Waals surface area contributed by atoms with Crippen molar-refractivity contribution in [3.63, 3.8) is 0 Å². The van der Waals surface area contributed by atoms with Crippen molar-refractivity contribution in [1.29, 1.82) is 0 Å². The summed E-state index contributed by atoms with van der Waals surface area (Å²) < 4.78 is 22.9. The van der Waals surface area contributed by atoms with Crippen molar-refractivity contribution in [2.75, 3.05) is 18.1 Å². The second-order valence-corrected chi connectivity index (χ2v) is 7.47. The van der Waals surface area contributed by atoms with Crippen LogP contribution < -0.4 is 0 Å². The molecule has 1 aliphatic heterocycles. The molecular weight excluding hydrogens is 276 g/mol. The molecule has 1 saturated heterocycles. The maximum absolute atomic E-state index is 11.4. The third kappa shape index (κ3) is 3.06. The molecule has 0 aliphatic carbocycles. The van der Waals surface area contributed by atoms with Crippen LogP contribution >= 0.6 is 11.3 Å². The van der Waals surface area contributed by atoms with Crippen LogP contribution in [0.5, 0.6) is 0 Å². The van der Waals surface area contributed by atoms with E-state index in [-0.39, 0.29) is 22.6 Å². The van der Waals surface area contributed by atoms with Crippen LogP contribution in [0.25, 0.3) is 0 Å². The third-order valence-corrected chi connectivity index (χ3v) is 5.58. The molecule has 1 fully saturated rings. The minimum absolute atomic E-state index is 0.0567. The van der Waals surface area contributed by atoms with Gasteiger partial charge in [0.25, 0.3) is 0 Å². The van der Waals surface area contributed by atoms with Gasteiger partial charge in [0.1, 0.15) is 0 Å². The Morgan fingerprint density at radius 3 is 2.94 bits per heavy atom. The average Bonchev–Trinajstić information content (AvgIpc) is 2.70. The van der Waals surface area contributed by atoms with Crippen molar-refractivity contribution >= 4 is 27.1 Å². The van der Waals surface area contributed by atoms with Crippen molar-refractivity contribution in [3.05, 3.63) is 16.1 Å². The number of carbonyl (C=O) groups is 1. The lowest BCUT2D eigenvalue weighted by atomic mass is 10.3. The molecule has 18 heavy (non-hydrogen) atoms. The number of hydrogen-bond acceptors (Lipinski definition) is 6. The molecule has 0 aromatic carbocycles. The predicted octanol–water partition coefficient (Wildman–Crippen LogP) is 0.460. The number of hydrogen-bond donors (Lipinski definition) is 1. The van der Waals surface area contributed by atoms with Gasteiger partial charge in [-0.15, -0.1) is 11.3 Å². The minimum atomic E-state index is -2.92. The molecule has 8 heteroatoms. The number of nitrogens with zero attached hydrogens (tertiary/aromatic N) is 2. The van der Waals surface area contributed by atoms with E-state index in [0.717, 1.165) is 11.3 Å². The molecule has 1 aliphatic rings. The maximum atomic E-state index is 11.4. The van der Waals surface area contributed by atoms with E-state index in [9.17, 15) is 13.2 Å². The van der Waals surface area contributed by atoms with Crippen LogP contribution in [0.1, 0.15) is 22.4 Å². The number of thiazole rings is 1. The van der Waals surface area contributed by atoms with Gasteiger partial charge in [-0.3, -0.25) is 4.90 Å². The highest BCUT2D eigenvalue weighted by atomic mass is 32.2. The zero-order chi connectivity index (χ0) is 13.3. The smallest absolute Gasteiger partial charge is 0.365 e. The highest BCUT2D eigenvalue weighted by Gasteiger charge is 2.28. The van der Waals surface area contributed by atoms with Gasteiger partial charge in [0.05, 0.1) is 17.2 Å². The Hall–Kier alpha value is -0.990. The van der Waals surface area contributed by atoms with Gasteiger partial charge >= 0.3 is 5.97 Å². The second kappa shape index (κ2) is 4.94. The van der Waals surface area contributed by atoms with Crippen LogP contribution in [0.4, 0.5) is 0 Å². The number of carboxylic acid groups (broad SMARTS) is 1. The fourth-order valence-electron chi connectivity index (χ4n) is 1.95. The van der Waals surface area contributed by atoms with E-state index in [1.54, 1.807) is 5.38 Å². The molecule has 1 atom stereocenters. The van der Waals surface area contributed by atoms with E-state index in [2.05, 4.69) is 4.98 Å². The summed E-state index contributed by atoms with van der Waals surface area (Å²) in [5.41, 5.74) is 0.684. The molecule has 0 saturated carbocycles. The lowest BCUT2D eigenvalue weighted by Crippen LogP contribution is -2.46. The average molecular weight is 290 g/mol. The fourth-order valence-corrected chi connectivity index (χ4v) is 4.22. The molecule has 2 rings (SSSR count). The van der Waals surface area contributed by atoms with Gasteiger partial charge in [0.2, 0.25) is 5.01 Å². The third-order valence-electron chi connectivity index (χ3n) is 2.91. The van der Waals surface area contributed by atoms with Crippen LogP contribution in [0.15, 0.2) is 5.38 Å². The Labute approximate surface area is 109 Å². The zero-order valence-electron chi connectivity index (χ0n) is 9.87. The molecule has 100 valence electrons. The normalized spacial score (nSPS) is 23.9. The summed E-state index contributed by atoms with van der Waals surface area (Å²) in [6, 6.07) is -0.0567. The molecule has 0 spiro atoms. The molecule has 6 nitrogen and oxygen atoms in total. The SMILES string of the molecule is CC1CS(=O)(=O)CCN1Cc1csc(C(=O)O)n1. The molecule has 2 heterocycles. The summed E-state index contributed by atoms with van der Waals surface area (Å²) in [6.45, 7) is 2.84. The van der Waals surface area contributed by atoms with Crippen molar-refractivity contribution in [2.45, 2.75) is 19.5 Å². The van der Waals surface area contributed by atoms with Crippen molar-refractivity contribution in [3.8, 4) is 0 Å². The fraction of sp³-hybridized carbons (Fsp3) is 0.600. The summed E-state index contributed by atoms with van der Waals surface area (Å²) in [6.07, 6.45) is 0. The first-order valence-corrected chi connectivity index (χ1v) is 8.19. The maximum Gasteiger partial charge on any atom is 0.365 e. The molecule has 1 N–H and O–H groups in total. The molecule has 0 bridgehead atoms. The van der Waals surface area contributed by atoms with Gasteiger partial charge < -0.3 is 5.11 Å². The summed E-state index contributed by atoms with van der Waals surface area (Å²) in [4.78, 5) is 16.7. The number of rotatable bonds is 3. The van der Waals surface area contributed by atoms with E-state index < -0.39 is 15.8 Å². The standard InChI is InChI=1S/C10H14N2O4S2/c1-7-6-18(15,16)3-2-12(7)4-8-5-17-9(11-8)10(13)14/h5,7H,2-4,6H2,1H3,(H,13,14).